The Morgan fingerprint density at radius 2 is 1.95 bits per heavy atom. The van der Waals surface area contributed by atoms with E-state index in [-0.39, 0.29) is 12.1 Å². The SMILES string of the molecule is CC1CCCC(N(C)C(=O)N2CCC[C@H]2C(=O)O)C1. The van der Waals surface area contributed by atoms with Crippen LogP contribution in [0.3, 0.4) is 0 Å². The lowest BCUT2D eigenvalue weighted by Crippen LogP contribution is -2.50. The number of hydrogen-bond donors (Lipinski definition) is 1. The lowest BCUT2D eigenvalue weighted by Gasteiger charge is -2.37. The average molecular weight is 268 g/mol. The van der Waals surface area contributed by atoms with Crippen molar-refractivity contribution in [1.29, 1.82) is 0 Å². The Morgan fingerprint density at radius 3 is 2.58 bits per heavy atom. The van der Waals surface area contributed by atoms with E-state index >= 15 is 0 Å². The van der Waals surface area contributed by atoms with E-state index in [0.29, 0.717) is 18.9 Å². The van der Waals surface area contributed by atoms with Crippen LogP contribution in [0.5, 0.6) is 0 Å². The second-order valence-electron chi connectivity index (χ2n) is 6.01. The molecule has 0 bridgehead atoms. The highest BCUT2D eigenvalue weighted by Crippen LogP contribution is 2.28. The molecule has 3 atom stereocenters. The summed E-state index contributed by atoms with van der Waals surface area (Å²) < 4.78 is 0. The molecule has 2 rings (SSSR count). The number of hydrogen-bond acceptors (Lipinski definition) is 2. The van der Waals surface area contributed by atoms with E-state index in [1.54, 1.807) is 4.90 Å². The number of carboxylic acids is 1. The van der Waals surface area contributed by atoms with Gasteiger partial charge in [-0.25, -0.2) is 9.59 Å². The van der Waals surface area contributed by atoms with Crippen LogP contribution in [-0.4, -0.2) is 52.6 Å². The fourth-order valence-electron chi connectivity index (χ4n) is 3.37. The number of urea groups is 1. The molecule has 1 saturated heterocycles. The first-order valence-electron chi connectivity index (χ1n) is 7.27. The van der Waals surface area contributed by atoms with Gasteiger partial charge in [0, 0.05) is 19.6 Å². The van der Waals surface area contributed by atoms with E-state index in [2.05, 4.69) is 6.92 Å². The zero-order valence-electron chi connectivity index (χ0n) is 11.8. The molecule has 2 amide bonds. The molecule has 0 spiro atoms. The molecule has 1 aliphatic carbocycles. The van der Waals surface area contributed by atoms with Crippen molar-refractivity contribution in [3.63, 3.8) is 0 Å². The lowest BCUT2D eigenvalue weighted by atomic mass is 9.86. The van der Waals surface area contributed by atoms with Crippen molar-refractivity contribution in [3.8, 4) is 0 Å². The molecule has 5 heteroatoms. The van der Waals surface area contributed by atoms with Gasteiger partial charge in [0.2, 0.25) is 0 Å². The summed E-state index contributed by atoms with van der Waals surface area (Å²) in [7, 11) is 1.82. The first-order valence-corrected chi connectivity index (χ1v) is 7.27. The fourth-order valence-corrected chi connectivity index (χ4v) is 3.37. The summed E-state index contributed by atoms with van der Waals surface area (Å²) in [5.41, 5.74) is 0. The number of carboxylic acid groups (broad SMARTS) is 1. The maximum atomic E-state index is 12.5. The predicted octanol–water partition coefficient (Wildman–Crippen LogP) is 2.17. The molecular formula is C14H24N2O3. The number of amides is 2. The summed E-state index contributed by atoms with van der Waals surface area (Å²) in [4.78, 5) is 26.9. The van der Waals surface area contributed by atoms with Gasteiger partial charge in [0.05, 0.1) is 0 Å². The van der Waals surface area contributed by atoms with Crippen LogP contribution >= 0.6 is 0 Å². The van der Waals surface area contributed by atoms with Crippen LogP contribution in [0, 0.1) is 5.92 Å². The highest BCUT2D eigenvalue weighted by atomic mass is 16.4. The minimum absolute atomic E-state index is 0.107. The van der Waals surface area contributed by atoms with Crippen molar-refractivity contribution in [2.45, 2.75) is 57.5 Å². The first kappa shape index (κ1) is 14.2. The quantitative estimate of drug-likeness (QED) is 0.835. The second kappa shape index (κ2) is 5.80. The molecule has 1 heterocycles. The molecule has 0 aromatic heterocycles. The Labute approximate surface area is 114 Å². The summed E-state index contributed by atoms with van der Waals surface area (Å²) in [6.07, 6.45) is 5.84. The van der Waals surface area contributed by atoms with Crippen molar-refractivity contribution in [3.05, 3.63) is 0 Å². The molecule has 5 nitrogen and oxygen atoms in total. The van der Waals surface area contributed by atoms with Crippen LogP contribution in [-0.2, 0) is 4.79 Å². The third-order valence-electron chi connectivity index (χ3n) is 4.54. The van der Waals surface area contributed by atoms with E-state index in [4.69, 9.17) is 5.11 Å². The zero-order valence-corrected chi connectivity index (χ0v) is 11.8. The molecule has 1 saturated carbocycles. The smallest absolute Gasteiger partial charge is 0.326 e. The van der Waals surface area contributed by atoms with E-state index in [1.165, 1.54) is 11.3 Å². The van der Waals surface area contributed by atoms with Gasteiger partial charge in [0.1, 0.15) is 6.04 Å². The van der Waals surface area contributed by atoms with Crippen molar-refractivity contribution in [2.24, 2.45) is 5.92 Å². The van der Waals surface area contributed by atoms with Gasteiger partial charge in [-0.2, -0.15) is 0 Å². The van der Waals surface area contributed by atoms with Crippen molar-refractivity contribution < 1.29 is 14.7 Å². The Bertz CT molecular complexity index is 359. The molecule has 1 aliphatic heterocycles. The molecule has 2 unspecified atom stereocenters. The van der Waals surface area contributed by atoms with Crippen molar-refractivity contribution in [2.75, 3.05) is 13.6 Å². The topological polar surface area (TPSA) is 60.9 Å². The molecule has 108 valence electrons. The Hall–Kier alpha value is -1.26. The Morgan fingerprint density at radius 1 is 1.21 bits per heavy atom. The molecular weight excluding hydrogens is 244 g/mol. The maximum absolute atomic E-state index is 12.5. The van der Waals surface area contributed by atoms with Gasteiger partial charge in [-0.15, -0.1) is 0 Å². The molecule has 0 aromatic rings. The number of carbonyl (C=O) groups is 2. The number of aliphatic carboxylic acids is 1. The van der Waals surface area contributed by atoms with Gasteiger partial charge in [0.15, 0.2) is 0 Å². The fraction of sp³-hybridized carbons (Fsp3) is 0.857. The highest BCUT2D eigenvalue weighted by molar-refractivity contribution is 5.83. The third kappa shape index (κ3) is 3.01. The van der Waals surface area contributed by atoms with Gasteiger partial charge in [-0.1, -0.05) is 19.8 Å². The van der Waals surface area contributed by atoms with Gasteiger partial charge in [-0.3, -0.25) is 0 Å². The molecule has 2 fully saturated rings. The Balaban J connectivity index is 2.00. The van der Waals surface area contributed by atoms with E-state index < -0.39 is 12.0 Å². The summed E-state index contributed by atoms with van der Waals surface area (Å²) in [6.45, 7) is 2.79. The minimum Gasteiger partial charge on any atom is -0.480 e. The largest absolute Gasteiger partial charge is 0.480 e. The molecule has 0 aromatic carbocycles. The molecule has 0 radical (unpaired) electrons. The maximum Gasteiger partial charge on any atom is 0.326 e. The lowest BCUT2D eigenvalue weighted by molar-refractivity contribution is -0.141. The predicted molar refractivity (Wildman–Crippen MR) is 71.9 cm³/mol. The number of nitrogens with zero attached hydrogens (tertiary/aromatic N) is 2. The summed E-state index contributed by atoms with van der Waals surface area (Å²) >= 11 is 0. The Kier molecular flexibility index (Phi) is 4.32. The summed E-state index contributed by atoms with van der Waals surface area (Å²) in [5.74, 6) is -0.223. The van der Waals surface area contributed by atoms with Crippen LogP contribution in [0.1, 0.15) is 45.4 Å². The molecule has 1 N–H and O–H groups in total. The standard InChI is InChI=1S/C14H24N2O3/c1-10-5-3-6-11(9-10)15(2)14(19)16-8-4-7-12(16)13(17)18/h10-12H,3-9H2,1-2H3,(H,17,18)/t10?,11?,12-/m0/s1. The van der Waals surface area contributed by atoms with Crippen LogP contribution in [0.25, 0.3) is 0 Å². The van der Waals surface area contributed by atoms with Crippen LogP contribution in [0.15, 0.2) is 0 Å². The first-order chi connectivity index (χ1) is 9.00. The van der Waals surface area contributed by atoms with Gasteiger partial charge >= 0.3 is 12.0 Å². The van der Waals surface area contributed by atoms with Crippen molar-refractivity contribution in [1.82, 2.24) is 9.80 Å². The van der Waals surface area contributed by atoms with E-state index in [9.17, 15) is 9.59 Å². The van der Waals surface area contributed by atoms with Gasteiger partial charge in [-0.05, 0) is 31.6 Å². The number of rotatable bonds is 2. The summed E-state index contributed by atoms with van der Waals surface area (Å²) in [6, 6.07) is -0.466. The average Bonchev–Trinajstić information content (AvgIpc) is 2.86. The molecule has 2 aliphatic rings. The van der Waals surface area contributed by atoms with Gasteiger partial charge < -0.3 is 14.9 Å². The normalized spacial score (nSPS) is 31.3. The van der Waals surface area contributed by atoms with Gasteiger partial charge in [0.25, 0.3) is 0 Å². The van der Waals surface area contributed by atoms with Crippen LogP contribution in [0.4, 0.5) is 4.79 Å². The minimum atomic E-state index is -0.878. The van der Waals surface area contributed by atoms with Crippen molar-refractivity contribution >= 4 is 12.0 Å². The van der Waals surface area contributed by atoms with Crippen LogP contribution in [0.2, 0.25) is 0 Å². The van der Waals surface area contributed by atoms with E-state index in [0.717, 1.165) is 25.7 Å². The number of likely N-dealkylation sites (tertiary alicyclic amines) is 1. The highest BCUT2D eigenvalue weighted by Gasteiger charge is 2.37. The second-order valence-corrected chi connectivity index (χ2v) is 6.01. The third-order valence-corrected chi connectivity index (χ3v) is 4.54. The monoisotopic (exact) mass is 268 g/mol. The molecule has 19 heavy (non-hydrogen) atoms. The van der Waals surface area contributed by atoms with Crippen LogP contribution < -0.4 is 0 Å². The summed E-state index contributed by atoms with van der Waals surface area (Å²) in [5, 5.41) is 9.15. The number of carbonyl (C=O) groups excluding carboxylic acids is 1. The zero-order chi connectivity index (χ0) is 14.0. The van der Waals surface area contributed by atoms with E-state index in [1.807, 2.05) is 7.05 Å².